The second kappa shape index (κ2) is 5.91. The molecule has 3 aromatic rings. The molecule has 0 fully saturated rings. The summed E-state index contributed by atoms with van der Waals surface area (Å²) >= 11 is 0. The number of aromatic amines is 1. The zero-order valence-electron chi connectivity index (χ0n) is 12.7. The molecule has 0 amide bonds. The van der Waals surface area contributed by atoms with Crippen LogP contribution in [0.3, 0.4) is 0 Å². The van der Waals surface area contributed by atoms with E-state index < -0.39 is 4.92 Å². The summed E-state index contributed by atoms with van der Waals surface area (Å²) in [4.78, 5) is 15.1. The zero-order valence-corrected chi connectivity index (χ0v) is 12.7. The Bertz CT molecular complexity index is 858. The van der Waals surface area contributed by atoms with Crippen LogP contribution in [-0.4, -0.2) is 26.1 Å². The van der Waals surface area contributed by atoms with E-state index >= 15 is 0 Å². The van der Waals surface area contributed by atoms with Gasteiger partial charge in [0.25, 0.3) is 0 Å². The van der Waals surface area contributed by atoms with Crippen molar-refractivity contribution in [2.75, 3.05) is 10.6 Å². The van der Waals surface area contributed by atoms with Crippen LogP contribution < -0.4 is 10.6 Å². The molecule has 0 unspecified atom stereocenters. The highest BCUT2D eigenvalue weighted by Gasteiger charge is 2.17. The lowest BCUT2D eigenvalue weighted by Gasteiger charge is -2.11. The van der Waals surface area contributed by atoms with Gasteiger partial charge in [0.2, 0.25) is 5.82 Å². The smallest absolute Gasteiger partial charge is 0.311 e. The standard InChI is InChI=1S/C15H16N6O2/c1-9(2)17-14-6-5-13(21(22)23)15(19-14)18-11-4-3-10-8-16-20-12(10)7-11/h3-9H,1-2H3,(H,16,20)(H2,17,18,19). The Morgan fingerprint density at radius 2 is 2.09 bits per heavy atom. The lowest BCUT2D eigenvalue weighted by Crippen LogP contribution is -2.12. The summed E-state index contributed by atoms with van der Waals surface area (Å²) in [6, 6.07) is 8.75. The summed E-state index contributed by atoms with van der Waals surface area (Å²) in [7, 11) is 0. The molecule has 3 N–H and O–H groups in total. The van der Waals surface area contributed by atoms with Gasteiger partial charge in [0.05, 0.1) is 16.6 Å². The summed E-state index contributed by atoms with van der Waals surface area (Å²) in [5, 5.41) is 25.1. The molecular formula is C15H16N6O2. The van der Waals surface area contributed by atoms with E-state index in [2.05, 4.69) is 25.8 Å². The molecule has 1 aromatic carbocycles. The lowest BCUT2D eigenvalue weighted by atomic mass is 10.2. The fourth-order valence-corrected chi connectivity index (χ4v) is 2.22. The van der Waals surface area contributed by atoms with Crippen molar-refractivity contribution in [2.24, 2.45) is 0 Å². The molecule has 0 aliphatic heterocycles. The Morgan fingerprint density at radius 1 is 1.26 bits per heavy atom. The predicted octanol–water partition coefficient (Wildman–Crippen LogP) is 3.43. The summed E-state index contributed by atoms with van der Waals surface area (Å²) in [5.74, 6) is 0.773. The number of aromatic nitrogens is 3. The van der Waals surface area contributed by atoms with Crippen LogP contribution in [0.15, 0.2) is 36.5 Å². The maximum atomic E-state index is 11.2. The van der Waals surface area contributed by atoms with E-state index in [0.717, 1.165) is 10.9 Å². The molecule has 0 aliphatic rings. The highest BCUT2D eigenvalue weighted by molar-refractivity contribution is 5.83. The van der Waals surface area contributed by atoms with E-state index in [1.54, 1.807) is 12.3 Å². The zero-order chi connectivity index (χ0) is 16.4. The summed E-state index contributed by atoms with van der Waals surface area (Å²) < 4.78 is 0. The van der Waals surface area contributed by atoms with Gasteiger partial charge in [-0.25, -0.2) is 4.98 Å². The number of hydrogen-bond donors (Lipinski definition) is 3. The molecular weight excluding hydrogens is 296 g/mol. The number of nitrogens with zero attached hydrogens (tertiary/aromatic N) is 3. The van der Waals surface area contributed by atoms with Crippen molar-refractivity contribution in [3.8, 4) is 0 Å². The third kappa shape index (κ3) is 3.20. The molecule has 118 valence electrons. The fourth-order valence-electron chi connectivity index (χ4n) is 2.22. The Balaban J connectivity index is 1.96. The van der Waals surface area contributed by atoms with Crippen LogP contribution in [0.25, 0.3) is 10.9 Å². The minimum atomic E-state index is -0.455. The summed E-state index contributed by atoms with van der Waals surface area (Å²) in [5.41, 5.74) is 1.46. The molecule has 0 radical (unpaired) electrons. The third-order valence-electron chi connectivity index (χ3n) is 3.21. The largest absolute Gasteiger partial charge is 0.368 e. The van der Waals surface area contributed by atoms with Crippen LogP contribution in [0.5, 0.6) is 0 Å². The second-order valence-corrected chi connectivity index (χ2v) is 5.42. The first-order valence-electron chi connectivity index (χ1n) is 7.15. The SMILES string of the molecule is CC(C)Nc1ccc([N+](=O)[O-])c(Nc2ccc3cn[nH]c3c2)n1. The van der Waals surface area contributed by atoms with Crippen LogP contribution in [0, 0.1) is 10.1 Å². The maximum Gasteiger partial charge on any atom is 0.311 e. The van der Waals surface area contributed by atoms with E-state index in [1.165, 1.54) is 6.07 Å². The predicted molar refractivity (Wildman–Crippen MR) is 89.0 cm³/mol. The van der Waals surface area contributed by atoms with Gasteiger partial charge in [0, 0.05) is 23.2 Å². The Labute approximate surface area is 132 Å². The second-order valence-electron chi connectivity index (χ2n) is 5.42. The topological polar surface area (TPSA) is 109 Å². The van der Waals surface area contributed by atoms with Gasteiger partial charge in [-0.2, -0.15) is 5.10 Å². The number of pyridine rings is 1. The van der Waals surface area contributed by atoms with Crippen LogP contribution in [0.1, 0.15) is 13.8 Å². The monoisotopic (exact) mass is 312 g/mol. The van der Waals surface area contributed by atoms with Crippen LogP contribution >= 0.6 is 0 Å². The van der Waals surface area contributed by atoms with Crippen molar-refractivity contribution in [2.45, 2.75) is 19.9 Å². The van der Waals surface area contributed by atoms with E-state index in [1.807, 2.05) is 32.0 Å². The first-order valence-corrected chi connectivity index (χ1v) is 7.15. The number of nitrogens with one attached hydrogen (secondary N) is 3. The molecule has 0 saturated carbocycles. The van der Waals surface area contributed by atoms with Crippen molar-refractivity contribution in [3.63, 3.8) is 0 Å². The van der Waals surface area contributed by atoms with Gasteiger partial charge < -0.3 is 10.6 Å². The van der Waals surface area contributed by atoms with E-state index in [-0.39, 0.29) is 17.5 Å². The quantitative estimate of drug-likeness (QED) is 0.492. The normalized spacial score (nSPS) is 10.9. The summed E-state index contributed by atoms with van der Waals surface area (Å²) in [6.07, 6.45) is 1.72. The average Bonchev–Trinajstić information content (AvgIpc) is 2.94. The van der Waals surface area contributed by atoms with Gasteiger partial charge in [0.15, 0.2) is 0 Å². The number of anilines is 3. The summed E-state index contributed by atoms with van der Waals surface area (Å²) in [6.45, 7) is 3.95. The van der Waals surface area contributed by atoms with Crippen molar-refractivity contribution in [1.29, 1.82) is 0 Å². The molecule has 0 bridgehead atoms. The molecule has 0 aliphatic carbocycles. The molecule has 3 rings (SSSR count). The van der Waals surface area contributed by atoms with E-state index in [9.17, 15) is 10.1 Å². The van der Waals surface area contributed by atoms with Crippen molar-refractivity contribution >= 4 is 33.9 Å². The van der Waals surface area contributed by atoms with Crippen molar-refractivity contribution in [1.82, 2.24) is 15.2 Å². The molecule has 2 aromatic heterocycles. The highest BCUT2D eigenvalue weighted by Crippen LogP contribution is 2.28. The molecule has 0 spiro atoms. The first kappa shape index (κ1) is 14.8. The first-order chi connectivity index (χ1) is 11.0. The molecule has 8 nitrogen and oxygen atoms in total. The minimum Gasteiger partial charge on any atom is -0.368 e. The van der Waals surface area contributed by atoms with Gasteiger partial charge in [-0.3, -0.25) is 15.2 Å². The van der Waals surface area contributed by atoms with Gasteiger partial charge >= 0.3 is 5.69 Å². The van der Waals surface area contributed by atoms with E-state index in [0.29, 0.717) is 11.5 Å². The Morgan fingerprint density at radius 3 is 2.83 bits per heavy atom. The maximum absolute atomic E-state index is 11.2. The van der Waals surface area contributed by atoms with Gasteiger partial charge in [-0.15, -0.1) is 0 Å². The highest BCUT2D eigenvalue weighted by atomic mass is 16.6. The molecule has 23 heavy (non-hydrogen) atoms. The van der Waals surface area contributed by atoms with Crippen molar-refractivity contribution in [3.05, 3.63) is 46.6 Å². The van der Waals surface area contributed by atoms with Crippen LogP contribution in [-0.2, 0) is 0 Å². The minimum absolute atomic E-state index is 0.0796. The number of fused-ring (bicyclic) bond motifs is 1. The van der Waals surface area contributed by atoms with Crippen molar-refractivity contribution < 1.29 is 4.92 Å². The van der Waals surface area contributed by atoms with Gasteiger partial charge in [0.1, 0.15) is 5.82 Å². The molecule has 2 heterocycles. The average molecular weight is 312 g/mol. The van der Waals surface area contributed by atoms with Gasteiger partial charge in [-0.05, 0) is 38.1 Å². The Kier molecular flexibility index (Phi) is 3.80. The van der Waals surface area contributed by atoms with E-state index in [4.69, 9.17) is 0 Å². The number of H-pyrrole nitrogens is 1. The Hall–Kier alpha value is -3.16. The lowest BCUT2D eigenvalue weighted by molar-refractivity contribution is -0.384. The number of nitro groups is 1. The molecule has 0 saturated heterocycles. The number of rotatable bonds is 5. The molecule has 8 heteroatoms. The fraction of sp³-hybridized carbons (Fsp3) is 0.200. The van der Waals surface area contributed by atoms with Crippen LogP contribution in [0.4, 0.5) is 23.0 Å². The number of hydrogen-bond acceptors (Lipinski definition) is 6. The molecule has 0 atom stereocenters. The van der Waals surface area contributed by atoms with Crippen LogP contribution in [0.2, 0.25) is 0 Å². The third-order valence-corrected chi connectivity index (χ3v) is 3.21. The van der Waals surface area contributed by atoms with Gasteiger partial charge in [-0.1, -0.05) is 0 Å². The number of benzene rings is 1.